The Bertz CT molecular complexity index is 3030. The smallest absolute Gasteiger partial charge is 0.466 e. The van der Waals surface area contributed by atoms with Crippen LogP contribution in [0.15, 0.2) is 130 Å². The van der Waals surface area contributed by atoms with Crippen molar-refractivity contribution in [3.8, 4) is 11.5 Å². The third-order valence-corrected chi connectivity index (χ3v) is 19.5. The molecule has 4 aliphatic heterocycles. The van der Waals surface area contributed by atoms with Gasteiger partial charge in [-0.3, -0.25) is 38.4 Å². The van der Waals surface area contributed by atoms with Crippen LogP contribution in [0, 0.1) is 47.3 Å². The standard InChI is InChI=1S/C26H30NO7P.C20H26ClNO4S.C19H24ClNO5S/c1-17(2)23-24-18(3)25(22(27(24)26(23)29)15-16-31-19(4)28)34-35(30,32-20-11-7-5-8-12-20)33-21-13-9-6-10-14-21;1-12(2)17-18(22(19(17)24)10-5-11-26-14(4)23)13(3)20(25)27-16-8-6-15(21)7-9-16;1-11(19(25)27-15-7-5-14(20)6-8-15)17-16(12(2)22)18(24)21(17)9-4-10-26-13(3)23/h5-14,17-18,23-24H,15-16H2,1-4H3;6-9,12-13,17-18H,5,10-11H2,1-4H3;5-8,11-12,16-17,22H,4,9-10H2,1-3H3/t18-,23-,24-;13-,17-,18-;11-,12-,16-,17-/m111/s1. The monoisotopic (exact) mass is 1320 g/mol. The van der Waals surface area contributed by atoms with Gasteiger partial charge in [0.2, 0.25) is 17.7 Å². The van der Waals surface area contributed by atoms with Crippen LogP contribution in [0.4, 0.5) is 0 Å². The van der Waals surface area contributed by atoms with Gasteiger partial charge in [-0.2, -0.15) is 4.57 Å². The van der Waals surface area contributed by atoms with Gasteiger partial charge in [-0.25, -0.2) is 0 Å². The molecule has 3 amide bonds. The van der Waals surface area contributed by atoms with Gasteiger partial charge in [-0.1, -0.05) is 132 Å². The highest BCUT2D eigenvalue weighted by atomic mass is 35.5. The van der Waals surface area contributed by atoms with Gasteiger partial charge in [-0.05, 0) is 104 Å². The molecule has 4 aromatic carbocycles. The lowest BCUT2D eigenvalue weighted by Crippen LogP contribution is -2.67. The number of aliphatic hydroxyl groups is 1. The van der Waals surface area contributed by atoms with Crippen molar-refractivity contribution in [2.75, 3.05) is 32.9 Å². The second kappa shape index (κ2) is 33.1. The summed E-state index contributed by atoms with van der Waals surface area (Å²) in [6, 6.07) is 30.8. The fourth-order valence-corrected chi connectivity index (χ4v) is 14.6. The van der Waals surface area contributed by atoms with Crippen molar-refractivity contribution in [1.82, 2.24) is 14.7 Å². The number of rotatable bonds is 26. The molecule has 0 aliphatic carbocycles. The summed E-state index contributed by atoms with van der Waals surface area (Å²) >= 11 is 14.0. The summed E-state index contributed by atoms with van der Waals surface area (Å²) < 4.78 is 46.7. The number of aliphatic hydroxyl groups excluding tert-OH is 1. The molecule has 89 heavy (non-hydrogen) atoms. The van der Waals surface area contributed by atoms with Gasteiger partial charge in [0.05, 0.1) is 67.5 Å². The first-order valence-corrected chi connectivity index (χ1v) is 33.5. The van der Waals surface area contributed by atoms with Crippen molar-refractivity contribution < 1.29 is 75.8 Å². The number of hydrogen-bond donors (Lipinski definition) is 1. The van der Waals surface area contributed by atoms with Gasteiger partial charge in [0, 0.05) is 77.9 Å². The molecule has 4 aromatic rings. The number of likely N-dealkylation sites (tertiary alicyclic amines) is 2. The third-order valence-electron chi connectivity index (χ3n) is 15.5. The lowest BCUT2D eigenvalue weighted by Gasteiger charge is -2.51. The maximum Gasteiger partial charge on any atom is 0.646 e. The van der Waals surface area contributed by atoms with Crippen LogP contribution < -0.4 is 9.05 Å². The summed E-state index contributed by atoms with van der Waals surface area (Å²) in [7, 11) is -4.23. The van der Waals surface area contributed by atoms with Gasteiger partial charge < -0.3 is 47.6 Å². The lowest BCUT2D eigenvalue weighted by atomic mass is 9.73. The Morgan fingerprint density at radius 2 is 0.944 bits per heavy atom. The SMILES string of the molecule is CC(=O)OCCC1=C(OP(=O)(Oc2ccccc2)Oc2ccccc2)[C@H](C)[C@@H]2[C@@H](C(C)C)C(=O)N12.CC(=O)OCCCN1C(=O)[C@H](C(C)C)[C@H]1[C@@H](C)C(=O)Sc1ccc(Cl)cc1.CC(=O)OCCCN1C(=O)[C@H]([C@@H](C)O)[C@H]1[C@@H](C)C(=O)Sc1ccc(Cl)cc1. The fraction of sp³-hybridized carbons (Fsp3) is 0.477. The summed E-state index contributed by atoms with van der Waals surface area (Å²) in [4.78, 5) is 103. The van der Waals surface area contributed by atoms with Crippen molar-refractivity contribution in [2.24, 2.45) is 47.3 Å². The number of benzene rings is 4. The third kappa shape index (κ3) is 19.1. The molecular formula is C65H80Cl2N3O16PS2. The summed E-state index contributed by atoms with van der Waals surface area (Å²) in [6.45, 7) is 20.6. The quantitative estimate of drug-likeness (QED) is 0.0153. The molecule has 8 rings (SSSR count). The maximum atomic E-state index is 14.0. The minimum Gasteiger partial charge on any atom is -0.466 e. The zero-order chi connectivity index (χ0) is 65.4. The highest BCUT2D eigenvalue weighted by Gasteiger charge is 2.60. The van der Waals surface area contributed by atoms with Gasteiger partial charge in [0.1, 0.15) is 17.3 Å². The molecule has 0 spiro atoms. The number of phosphoric acid groups is 1. The van der Waals surface area contributed by atoms with Crippen molar-refractivity contribution in [3.63, 3.8) is 0 Å². The Morgan fingerprint density at radius 3 is 1.34 bits per heavy atom. The van der Waals surface area contributed by atoms with E-state index in [1.807, 2.05) is 65.8 Å². The Balaban J connectivity index is 0.000000216. The zero-order valence-electron chi connectivity index (χ0n) is 51.9. The van der Waals surface area contributed by atoms with Gasteiger partial charge in [-0.15, -0.1) is 0 Å². The number of carbonyl (C=O) groups is 8. The minimum absolute atomic E-state index is 0.0175. The fourth-order valence-electron chi connectivity index (χ4n) is 11.3. The van der Waals surface area contributed by atoms with Crippen LogP contribution in [-0.4, -0.2) is 123 Å². The largest absolute Gasteiger partial charge is 0.646 e. The van der Waals surface area contributed by atoms with Crippen molar-refractivity contribution in [2.45, 2.75) is 129 Å². The molecule has 4 heterocycles. The number of thioether (sulfide) groups is 2. The molecule has 3 saturated heterocycles. The predicted octanol–water partition coefficient (Wildman–Crippen LogP) is 12.4. The summed E-state index contributed by atoms with van der Waals surface area (Å²) in [5.74, 6) is -1.85. The Kier molecular flexibility index (Phi) is 26.7. The average Bonchev–Trinajstić information content (AvgIpc) is 1.64. The van der Waals surface area contributed by atoms with Crippen LogP contribution in [0.5, 0.6) is 11.5 Å². The topological polar surface area (TPSA) is 239 Å². The van der Waals surface area contributed by atoms with Crippen LogP contribution >= 0.6 is 54.5 Å². The first-order chi connectivity index (χ1) is 42.1. The van der Waals surface area contributed by atoms with E-state index in [9.17, 15) is 48.0 Å². The maximum absolute atomic E-state index is 14.0. The summed E-state index contributed by atoms with van der Waals surface area (Å²) in [6.07, 6.45) is 0.462. The summed E-state index contributed by atoms with van der Waals surface area (Å²) in [5, 5.41) is 11.2. The van der Waals surface area contributed by atoms with E-state index < -0.39 is 31.7 Å². The molecule has 0 unspecified atom stereocenters. The van der Waals surface area contributed by atoms with Crippen LogP contribution in [0.25, 0.3) is 0 Å². The van der Waals surface area contributed by atoms with Crippen LogP contribution in [0.2, 0.25) is 10.0 Å². The summed E-state index contributed by atoms with van der Waals surface area (Å²) in [5.41, 5.74) is 0.541. The van der Waals surface area contributed by atoms with Gasteiger partial charge in [0.25, 0.3) is 0 Å². The van der Waals surface area contributed by atoms with E-state index in [-0.39, 0.29) is 120 Å². The molecule has 19 nitrogen and oxygen atoms in total. The number of amides is 3. The van der Waals surface area contributed by atoms with Gasteiger partial charge in [0.15, 0.2) is 10.2 Å². The Morgan fingerprint density at radius 1 is 0.551 bits per heavy atom. The van der Waals surface area contributed by atoms with E-state index >= 15 is 0 Å². The number of fused-ring (bicyclic) bond motifs is 1. The van der Waals surface area contributed by atoms with Crippen LogP contribution in [0.3, 0.4) is 0 Å². The number of carbonyl (C=O) groups excluding carboxylic acids is 8. The molecule has 24 heteroatoms. The highest BCUT2D eigenvalue weighted by Crippen LogP contribution is 2.58. The second-order valence-corrected chi connectivity index (χ2v) is 27.3. The van der Waals surface area contributed by atoms with E-state index in [0.717, 1.165) is 21.6 Å². The van der Waals surface area contributed by atoms with E-state index in [4.69, 9.17) is 51.0 Å². The molecule has 3 fully saturated rings. The van der Waals surface area contributed by atoms with Crippen molar-refractivity contribution in [1.29, 1.82) is 0 Å². The Hall–Kier alpha value is -6.35. The number of halogens is 2. The van der Waals surface area contributed by atoms with E-state index in [2.05, 4.69) is 0 Å². The second-order valence-electron chi connectivity index (χ2n) is 22.8. The molecule has 0 aromatic heterocycles. The lowest BCUT2D eigenvalue weighted by molar-refractivity contribution is -0.169. The number of para-hydroxylation sites is 2. The highest BCUT2D eigenvalue weighted by molar-refractivity contribution is 8.14. The number of hydrogen-bond acceptors (Lipinski definition) is 18. The zero-order valence-corrected chi connectivity index (χ0v) is 55.9. The normalized spacial score (nSPS) is 21.1. The van der Waals surface area contributed by atoms with Gasteiger partial charge >= 0.3 is 25.7 Å². The molecule has 482 valence electrons. The van der Waals surface area contributed by atoms with Crippen LogP contribution in [0.1, 0.15) is 95.4 Å². The van der Waals surface area contributed by atoms with E-state index in [1.54, 1.807) is 113 Å². The molecule has 10 atom stereocenters. The molecule has 1 N–H and O–H groups in total. The van der Waals surface area contributed by atoms with E-state index in [0.29, 0.717) is 58.9 Å². The average molecular weight is 1330 g/mol. The first kappa shape index (κ1) is 71.7. The molecule has 0 bridgehead atoms. The number of nitrogens with zero attached hydrogens (tertiary/aromatic N) is 3. The number of phosphoric ester groups is 1. The predicted molar refractivity (Wildman–Crippen MR) is 339 cm³/mol. The minimum atomic E-state index is -4.23. The Labute approximate surface area is 539 Å². The number of ether oxygens (including phenoxy) is 3. The number of esters is 3. The van der Waals surface area contributed by atoms with Crippen LogP contribution in [-0.2, 0) is 61.7 Å². The molecule has 0 radical (unpaired) electrons. The van der Waals surface area contributed by atoms with Crippen molar-refractivity contribution in [3.05, 3.63) is 131 Å². The van der Waals surface area contributed by atoms with E-state index in [1.165, 1.54) is 32.5 Å². The molecular weight excluding hydrogens is 1240 g/mol. The molecule has 0 saturated carbocycles. The van der Waals surface area contributed by atoms with Crippen molar-refractivity contribution >= 4 is 100 Å². The first-order valence-electron chi connectivity index (χ1n) is 29.6. The molecule has 4 aliphatic rings. The number of β-lactam (4-membered cyclic amide) rings is 3.